The maximum absolute atomic E-state index is 13.7. The Morgan fingerprint density at radius 3 is 2.65 bits per heavy atom. The van der Waals surface area contributed by atoms with Gasteiger partial charge in [-0.1, -0.05) is 6.07 Å². The van der Waals surface area contributed by atoms with Gasteiger partial charge in [0.25, 0.3) is 5.91 Å². The van der Waals surface area contributed by atoms with Gasteiger partial charge in [0.05, 0.1) is 35.3 Å². The molecule has 6 rings (SSSR count). The summed E-state index contributed by atoms with van der Waals surface area (Å²) >= 11 is 0. The normalized spacial score (nSPS) is 11.4. The monoisotopic (exact) mass is 497 g/mol. The van der Waals surface area contributed by atoms with Crippen molar-refractivity contribution in [1.82, 2.24) is 39.4 Å². The molecule has 2 aromatic carbocycles. The topological polar surface area (TPSA) is 142 Å². The standard InChI is InChI=1S/C25H20FN9O2/c1-13-32-33-20(37-13)10-28-25(36)18-11-35-22(15-5-8-17-19(9-15)34(2)12-29-17)21(31-23(27)24(35)30-18)14-3-6-16(26)7-4-14/h3-9,11-12H,10H2,1-2H3,(H2,27,31)(H,28,36). The highest BCUT2D eigenvalue weighted by molar-refractivity contribution is 5.94. The number of halogens is 1. The first kappa shape index (κ1) is 22.3. The van der Waals surface area contributed by atoms with Crippen LogP contribution in [0.15, 0.2) is 59.4 Å². The number of benzene rings is 2. The van der Waals surface area contributed by atoms with Gasteiger partial charge in [0.1, 0.15) is 11.5 Å². The Morgan fingerprint density at radius 1 is 1.11 bits per heavy atom. The fourth-order valence-corrected chi connectivity index (χ4v) is 4.19. The lowest BCUT2D eigenvalue weighted by Crippen LogP contribution is -2.23. The first-order valence-electron chi connectivity index (χ1n) is 11.3. The Kier molecular flexibility index (Phi) is 5.14. The number of nitrogens with zero attached hydrogens (tertiary/aromatic N) is 7. The molecule has 12 heteroatoms. The molecule has 0 radical (unpaired) electrons. The summed E-state index contributed by atoms with van der Waals surface area (Å²) in [7, 11) is 1.90. The summed E-state index contributed by atoms with van der Waals surface area (Å²) in [6, 6.07) is 11.8. The lowest BCUT2D eigenvalue weighted by molar-refractivity contribution is 0.0942. The average Bonchev–Trinajstić information content (AvgIpc) is 3.62. The van der Waals surface area contributed by atoms with E-state index < -0.39 is 5.91 Å². The molecule has 184 valence electrons. The van der Waals surface area contributed by atoms with Gasteiger partial charge in [0.15, 0.2) is 11.5 Å². The second-order valence-electron chi connectivity index (χ2n) is 8.48. The number of hydrogen-bond donors (Lipinski definition) is 2. The van der Waals surface area contributed by atoms with Crippen LogP contribution in [0.3, 0.4) is 0 Å². The van der Waals surface area contributed by atoms with Crippen LogP contribution in [0.5, 0.6) is 0 Å². The van der Waals surface area contributed by atoms with Crippen LogP contribution in [-0.2, 0) is 13.6 Å². The van der Waals surface area contributed by atoms with Crippen molar-refractivity contribution < 1.29 is 13.6 Å². The van der Waals surface area contributed by atoms with Crippen LogP contribution in [-0.4, -0.2) is 40.0 Å². The predicted molar refractivity (Wildman–Crippen MR) is 133 cm³/mol. The van der Waals surface area contributed by atoms with Crippen molar-refractivity contribution in [3.8, 4) is 22.5 Å². The van der Waals surface area contributed by atoms with Crippen LogP contribution in [0.4, 0.5) is 10.2 Å². The quantitative estimate of drug-likeness (QED) is 0.369. The highest BCUT2D eigenvalue weighted by atomic mass is 19.1. The Bertz CT molecular complexity index is 1800. The summed E-state index contributed by atoms with van der Waals surface area (Å²) in [5, 5.41) is 10.4. The molecule has 1 amide bonds. The number of imidazole rings is 2. The van der Waals surface area contributed by atoms with Crippen molar-refractivity contribution in [2.75, 3.05) is 5.73 Å². The Labute approximate surface area is 208 Å². The summed E-state index contributed by atoms with van der Waals surface area (Å²) in [6.45, 7) is 1.71. The molecule has 0 saturated heterocycles. The van der Waals surface area contributed by atoms with E-state index in [0.717, 1.165) is 16.6 Å². The van der Waals surface area contributed by atoms with Gasteiger partial charge in [-0.25, -0.2) is 19.3 Å². The minimum atomic E-state index is -0.449. The number of aromatic nitrogens is 7. The van der Waals surface area contributed by atoms with E-state index in [1.165, 1.54) is 12.1 Å². The minimum absolute atomic E-state index is 0.0477. The first-order valence-corrected chi connectivity index (χ1v) is 11.3. The molecule has 0 aliphatic heterocycles. The van der Waals surface area contributed by atoms with Crippen molar-refractivity contribution in [3.05, 3.63) is 78.3 Å². The maximum atomic E-state index is 13.7. The minimum Gasteiger partial charge on any atom is -0.424 e. The van der Waals surface area contributed by atoms with E-state index in [0.29, 0.717) is 28.5 Å². The van der Waals surface area contributed by atoms with E-state index in [1.54, 1.807) is 36.0 Å². The molecule has 0 saturated carbocycles. The molecule has 0 fully saturated rings. The Balaban J connectivity index is 1.51. The van der Waals surface area contributed by atoms with E-state index >= 15 is 0 Å². The number of anilines is 1. The van der Waals surface area contributed by atoms with Gasteiger partial charge in [-0.2, -0.15) is 0 Å². The van der Waals surface area contributed by atoms with Crippen molar-refractivity contribution in [1.29, 1.82) is 0 Å². The number of aryl methyl sites for hydroxylation is 2. The van der Waals surface area contributed by atoms with Gasteiger partial charge < -0.3 is 20.0 Å². The molecular weight excluding hydrogens is 477 g/mol. The number of carbonyl (C=O) groups is 1. The molecule has 6 aromatic rings. The van der Waals surface area contributed by atoms with Crippen LogP contribution >= 0.6 is 0 Å². The second kappa shape index (κ2) is 8.52. The van der Waals surface area contributed by atoms with Gasteiger partial charge >= 0.3 is 0 Å². The summed E-state index contributed by atoms with van der Waals surface area (Å²) < 4.78 is 22.6. The third-order valence-electron chi connectivity index (χ3n) is 5.95. The van der Waals surface area contributed by atoms with Gasteiger partial charge in [0, 0.05) is 31.3 Å². The number of nitrogens with one attached hydrogen (secondary N) is 1. The zero-order chi connectivity index (χ0) is 25.7. The number of carbonyl (C=O) groups excluding carboxylic acids is 1. The summed E-state index contributed by atoms with van der Waals surface area (Å²) in [5.74, 6) is -0.0148. The van der Waals surface area contributed by atoms with Crippen molar-refractivity contribution in [2.24, 2.45) is 7.05 Å². The lowest BCUT2D eigenvalue weighted by Gasteiger charge is -2.14. The molecule has 3 N–H and O–H groups in total. The van der Waals surface area contributed by atoms with Crippen LogP contribution in [0.1, 0.15) is 22.3 Å². The smallest absolute Gasteiger partial charge is 0.271 e. The van der Waals surface area contributed by atoms with Gasteiger partial charge in [-0.05, 0) is 36.4 Å². The van der Waals surface area contributed by atoms with Gasteiger partial charge in [-0.3, -0.25) is 9.20 Å². The predicted octanol–water partition coefficient (Wildman–Crippen LogP) is 3.29. The number of nitrogens with two attached hydrogens (primary N) is 1. The number of hydrogen-bond acceptors (Lipinski definition) is 8. The Morgan fingerprint density at radius 2 is 1.89 bits per heavy atom. The van der Waals surface area contributed by atoms with E-state index in [9.17, 15) is 9.18 Å². The Hall–Kier alpha value is -5.13. The number of fused-ring (bicyclic) bond motifs is 2. The van der Waals surface area contributed by atoms with Crippen LogP contribution in [0.25, 0.3) is 39.2 Å². The molecule has 0 unspecified atom stereocenters. The van der Waals surface area contributed by atoms with Crippen molar-refractivity contribution in [2.45, 2.75) is 13.5 Å². The van der Waals surface area contributed by atoms with Crippen LogP contribution in [0, 0.1) is 12.7 Å². The third-order valence-corrected chi connectivity index (χ3v) is 5.95. The van der Waals surface area contributed by atoms with Crippen molar-refractivity contribution in [3.63, 3.8) is 0 Å². The molecule has 0 aliphatic rings. The molecular formula is C25H20FN9O2. The summed E-state index contributed by atoms with van der Waals surface area (Å²) in [4.78, 5) is 26.4. The first-order chi connectivity index (χ1) is 17.9. The lowest BCUT2D eigenvalue weighted by atomic mass is 10.0. The molecule has 11 nitrogen and oxygen atoms in total. The van der Waals surface area contributed by atoms with Gasteiger partial charge in [0.2, 0.25) is 11.8 Å². The number of nitrogen functional groups attached to an aromatic ring is 1. The zero-order valence-electron chi connectivity index (χ0n) is 19.8. The SMILES string of the molecule is Cc1nnc(CNC(=O)c2cn3c(-c4ccc5ncn(C)c5c4)c(-c4ccc(F)cc4)nc(N)c3n2)o1. The van der Waals surface area contributed by atoms with E-state index in [2.05, 4.69) is 30.5 Å². The van der Waals surface area contributed by atoms with Crippen molar-refractivity contribution >= 4 is 28.4 Å². The largest absolute Gasteiger partial charge is 0.424 e. The molecule has 0 bridgehead atoms. The average molecular weight is 497 g/mol. The molecule has 37 heavy (non-hydrogen) atoms. The van der Waals surface area contributed by atoms with Crippen LogP contribution in [0.2, 0.25) is 0 Å². The molecule has 4 heterocycles. The summed E-state index contributed by atoms with van der Waals surface area (Å²) in [5.41, 5.74) is 11.1. The molecule has 0 atom stereocenters. The van der Waals surface area contributed by atoms with E-state index in [-0.39, 0.29) is 29.8 Å². The maximum Gasteiger partial charge on any atom is 0.271 e. The fourth-order valence-electron chi connectivity index (χ4n) is 4.19. The highest BCUT2D eigenvalue weighted by Gasteiger charge is 2.21. The molecule has 4 aromatic heterocycles. The number of rotatable bonds is 5. The third kappa shape index (κ3) is 3.93. The van der Waals surface area contributed by atoms with Crippen LogP contribution < -0.4 is 11.1 Å². The van der Waals surface area contributed by atoms with E-state index in [1.807, 2.05) is 29.8 Å². The number of amides is 1. The zero-order valence-corrected chi connectivity index (χ0v) is 19.8. The fraction of sp³-hybridized carbons (Fsp3) is 0.120. The molecule has 0 aliphatic carbocycles. The summed E-state index contributed by atoms with van der Waals surface area (Å²) in [6.07, 6.45) is 3.33. The second-order valence-corrected chi connectivity index (χ2v) is 8.48. The molecule has 0 spiro atoms. The van der Waals surface area contributed by atoms with Gasteiger partial charge in [-0.15, -0.1) is 10.2 Å². The van der Waals surface area contributed by atoms with E-state index in [4.69, 9.17) is 10.2 Å². The highest BCUT2D eigenvalue weighted by Crippen LogP contribution is 2.35.